The molecule has 0 aliphatic carbocycles. The van der Waals surface area contributed by atoms with E-state index in [4.69, 9.17) is 9.88 Å². The fourth-order valence-electron chi connectivity index (χ4n) is 3.89. The van der Waals surface area contributed by atoms with Gasteiger partial charge < -0.3 is 10.1 Å². The number of rotatable bonds is 10. The van der Waals surface area contributed by atoms with E-state index in [1.807, 2.05) is 44.2 Å². The monoisotopic (exact) mass is 583 g/mol. The lowest BCUT2D eigenvalue weighted by Gasteiger charge is -2.19. The van der Waals surface area contributed by atoms with Gasteiger partial charge in [0.15, 0.2) is 0 Å². The number of benzene rings is 1. The highest BCUT2D eigenvalue weighted by molar-refractivity contribution is 7.91. The van der Waals surface area contributed by atoms with Gasteiger partial charge in [0, 0.05) is 11.1 Å². The molecule has 0 spiro atoms. The molecule has 1 aromatic carbocycles. The zero-order valence-electron chi connectivity index (χ0n) is 21.0. The van der Waals surface area contributed by atoms with Crippen LogP contribution in [-0.4, -0.2) is 39.3 Å². The minimum atomic E-state index is -3.87. The second-order valence-corrected chi connectivity index (χ2v) is 13.0. The average Bonchev–Trinajstić information content (AvgIpc) is 3.66. The smallest absolute Gasteiger partial charge is 0.265 e. The van der Waals surface area contributed by atoms with Crippen LogP contribution < -0.4 is 15.2 Å². The lowest BCUT2D eigenvalue weighted by molar-refractivity contribution is -0.126. The van der Waals surface area contributed by atoms with E-state index in [2.05, 4.69) is 25.6 Å². The van der Waals surface area contributed by atoms with Crippen molar-refractivity contribution < 1.29 is 17.9 Å². The first-order valence-corrected chi connectivity index (χ1v) is 15.1. The molecule has 14 heteroatoms. The van der Waals surface area contributed by atoms with Crippen LogP contribution in [0.15, 0.2) is 65.3 Å². The van der Waals surface area contributed by atoms with Crippen LogP contribution >= 0.6 is 22.7 Å². The molecule has 39 heavy (non-hydrogen) atoms. The molecule has 0 aliphatic rings. The fraction of sp³-hybridized carbons (Fsp3) is 0.240. The van der Waals surface area contributed by atoms with Gasteiger partial charge in [-0.2, -0.15) is 0 Å². The molecule has 4 aromatic heterocycles. The van der Waals surface area contributed by atoms with Gasteiger partial charge >= 0.3 is 0 Å². The standard InChI is InChI=1S/C25H25N7O4S3/c1-15(2)23(24(33)28-12-18-7-9-21(37-18)19-5-3-4-10-27-19)32-13-16(30-31-32)14-36-17-6-8-20-22(11-17)38-25(29-20)39(26,34)35/h3-11,13,15,23H,12,14H2,1-2H3,(H,28,33)(H2,26,34,35)/t23-/m0/s1. The number of nitrogens with two attached hydrogens (primary N) is 1. The van der Waals surface area contributed by atoms with E-state index in [-0.39, 0.29) is 22.8 Å². The Bertz CT molecular complexity index is 1710. The number of aromatic nitrogens is 5. The number of amides is 1. The minimum absolute atomic E-state index is 0.0327. The number of nitrogens with one attached hydrogen (secondary N) is 1. The largest absolute Gasteiger partial charge is 0.487 e. The number of nitrogens with zero attached hydrogens (tertiary/aromatic N) is 5. The Labute approximate surface area is 232 Å². The first-order valence-electron chi connectivity index (χ1n) is 11.9. The predicted molar refractivity (Wildman–Crippen MR) is 149 cm³/mol. The van der Waals surface area contributed by atoms with Gasteiger partial charge in [-0.15, -0.1) is 27.8 Å². The molecule has 202 valence electrons. The molecule has 11 nitrogen and oxygen atoms in total. The molecule has 0 fully saturated rings. The second kappa shape index (κ2) is 11.2. The summed E-state index contributed by atoms with van der Waals surface area (Å²) in [6.45, 7) is 4.42. The Morgan fingerprint density at radius 1 is 1.15 bits per heavy atom. The van der Waals surface area contributed by atoms with Crippen molar-refractivity contribution in [2.45, 2.75) is 37.4 Å². The quantitative estimate of drug-likeness (QED) is 0.252. The number of hydrogen-bond donors (Lipinski definition) is 2. The molecule has 5 aromatic rings. The third-order valence-electron chi connectivity index (χ3n) is 5.73. The van der Waals surface area contributed by atoms with Crippen LogP contribution in [-0.2, 0) is 28.0 Å². The molecule has 0 bridgehead atoms. The van der Waals surface area contributed by atoms with Gasteiger partial charge in [-0.1, -0.05) is 25.1 Å². The van der Waals surface area contributed by atoms with E-state index in [1.54, 1.807) is 46.6 Å². The first-order chi connectivity index (χ1) is 18.7. The molecule has 0 aliphatic heterocycles. The summed E-state index contributed by atoms with van der Waals surface area (Å²) in [5.74, 6) is 0.326. The fourth-order valence-corrected chi connectivity index (χ4v) is 6.50. The highest BCUT2D eigenvalue weighted by Crippen LogP contribution is 2.29. The Balaban J connectivity index is 1.21. The van der Waals surface area contributed by atoms with Crippen LogP contribution in [0.3, 0.4) is 0 Å². The Hall–Kier alpha value is -3.72. The van der Waals surface area contributed by atoms with Gasteiger partial charge in [0.1, 0.15) is 24.1 Å². The van der Waals surface area contributed by atoms with Crippen LogP contribution in [0, 0.1) is 5.92 Å². The van der Waals surface area contributed by atoms with Crippen LogP contribution in [0.25, 0.3) is 20.8 Å². The summed E-state index contributed by atoms with van der Waals surface area (Å²) in [5.41, 5.74) is 1.96. The summed E-state index contributed by atoms with van der Waals surface area (Å²) in [6, 6.07) is 14.3. The van der Waals surface area contributed by atoms with Crippen molar-refractivity contribution in [2.75, 3.05) is 0 Å². The maximum absolute atomic E-state index is 13.1. The molecule has 1 amide bonds. The maximum Gasteiger partial charge on any atom is 0.265 e. The summed E-state index contributed by atoms with van der Waals surface area (Å²) in [6.07, 6.45) is 3.45. The first kappa shape index (κ1) is 26.9. The zero-order chi connectivity index (χ0) is 27.6. The highest BCUT2D eigenvalue weighted by atomic mass is 32.2. The van der Waals surface area contributed by atoms with Gasteiger partial charge in [0.05, 0.1) is 33.5 Å². The van der Waals surface area contributed by atoms with E-state index in [9.17, 15) is 13.2 Å². The number of primary sulfonamides is 1. The number of pyridine rings is 1. The number of thiophene rings is 1. The van der Waals surface area contributed by atoms with Gasteiger partial charge in [0.2, 0.25) is 10.2 Å². The van der Waals surface area contributed by atoms with Crippen LogP contribution in [0.5, 0.6) is 5.75 Å². The number of sulfonamides is 1. The molecule has 4 heterocycles. The second-order valence-electron chi connectivity index (χ2n) is 9.02. The van der Waals surface area contributed by atoms with E-state index in [1.165, 1.54) is 0 Å². The zero-order valence-corrected chi connectivity index (χ0v) is 23.5. The van der Waals surface area contributed by atoms with Crippen molar-refractivity contribution in [1.29, 1.82) is 0 Å². The summed E-state index contributed by atoms with van der Waals surface area (Å²) in [4.78, 5) is 23.6. The number of fused-ring (bicyclic) bond motifs is 1. The number of carbonyl (C=O) groups excluding carboxylic acids is 1. The lowest BCUT2D eigenvalue weighted by Crippen LogP contribution is -2.35. The molecule has 3 N–H and O–H groups in total. The topological polar surface area (TPSA) is 155 Å². The molecule has 0 saturated carbocycles. The van der Waals surface area contributed by atoms with Crippen molar-refractivity contribution in [3.63, 3.8) is 0 Å². The summed E-state index contributed by atoms with van der Waals surface area (Å²) >= 11 is 2.56. The van der Waals surface area contributed by atoms with Crippen molar-refractivity contribution in [1.82, 2.24) is 30.3 Å². The molecular weight excluding hydrogens is 559 g/mol. The Kier molecular flexibility index (Phi) is 7.70. The third-order valence-corrected chi connectivity index (χ3v) is 9.17. The lowest BCUT2D eigenvalue weighted by atomic mass is 10.0. The van der Waals surface area contributed by atoms with E-state index in [0.29, 0.717) is 28.2 Å². The van der Waals surface area contributed by atoms with E-state index >= 15 is 0 Å². The SMILES string of the molecule is CC(C)[C@@H](C(=O)NCc1ccc(-c2ccccn2)s1)n1cc(COc2ccc3nc(S(N)(=O)=O)sc3c2)nn1. The van der Waals surface area contributed by atoms with Gasteiger partial charge in [0.25, 0.3) is 10.0 Å². The summed E-state index contributed by atoms with van der Waals surface area (Å²) in [5, 5.41) is 16.5. The van der Waals surface area contributed by atoms with Crippen molar-refractivity contribution in [2.24, 2.45) is 11.1 Å². The van der Waals surface area contributed by atoms with Gasteiger partial charge in [-0.25, -0.2) is 23.2 Å². The normalized spacial score (nSPS) is 12.6. The molecular formula is C25H25N7O4S3. The molecule has 1 atom stereocenters. The van der Waals surface area contributed by atoms with Gasteiger partial charge in [-0.05, 0) is 48.4 Å². The molecule has 5 rings (SSSR count). The Morgan fingerprint density at radius 2 is 2.00 bits per heavy atom. The maximum atomic E-state index is 13.1. The number of carbonyl (C=O) groups is 1. The van der Waals surface area contributed by atoms with Crippen molar-refractivity contribution in [3.8, 4) is 16.3 Å². The molecule has 0 saturated heterocycles. The summed E-state index contributed by atoms with van der Waals surface area (Å²) < 4.78 is 31.0. The molecule has 0 radical (unpaired) electrons. The van der Waals surface area contributed by atoms with Crippen LogP contribution in [0.2, 0.25) is 0 Å². The number of hydrogen-bond acceptors (Lipinski definition) is 10. The third kappa shape index (κ3) is 6.30. The highest BCUT2D eigenvalue weighted by Gasteiger charge is 2.26. The Morgan fingerprint density at radius 3 is 2.74 bits per heavy atom. The minimum Gasteiger partial charge on any atom is -0.487 e. The number of thiazole rings is 1. The van der Waals surface area contributed by atoms with E-state index in [0.717, 1.165) is 26.8 Å². The van der Waals surface area contributed by atoms with Crippen LogP contribution in [0.4, 0.5) is 0 Å². The van der Waals surface area contributed by atoms with Crippen molar-refractivity contribution >= 4 is 48.8 Å². The van der Waals surface area contributed by atoms with Gasteiger partial charge in [-0.3, -0.25) is 9.78 Å². The van der Waals surface area contributed by atoms with E-state index < -0.39 is 16.1 Å². The van der Waals surface area contributed by atoms with Crippen molar-refractivity contribution in [3.05, 3.63) is 71.5 Å². The number of ether oxygens (including phenoxy) is 1. The average molecular weight is 584 g/mol. The summed E-state index contributed by atoms with van der Waals surface area (Å²) in [7, 11) is -3.87. The van der Waals surface area contributed by atoms with Crippen LogP contribution in [0.1, 0.15) is 30.5 Å². The molecule has 0 unspecified atom stereocenters. The predicted octanol–water partition coefficient (Wildman–Crippen LogP) is 3.75.